The Labute approximate surface area is 164 Å². The SMILES string of the molecule is CCN1CCN(Cc2ccccc2CNC(=O)CC(C2CC2)C2CC2)CC1. The van der Waals surface area contributed by atoms with Gasteiger partial charge in [-0.1, -0.05) is 31.2 Å². The summed E-state index contributed by atoms with van der Waals surface area (Å²) in [5, 5.41) is 3.22. The zero-order valence-corrected chi connectivity index (χ0v) is 16.8. The van der Waals surface area contributed by atoms with E-state index < -0.39 is 0 Å². The third-order valence-corrected chi connectivity index (χ3v) is 6.78. The number of amides is 1. The number of likely N-dealkylation sites (N-methyl/N-ethyl adjacent to an activating group) is 1. The van der Waals surface area contributed by atoms with Gasteiger partial charge in [0.25, 0.3) is 0 Å². The first-order valence-corrected chi connectivity index (χ1v) is 11.0. The number of carbonyl (C=O) groups excluding carboxylic acids is 1. The molecule has 1 aliphatic heterocycles. The predicted octanol–water partition coefficient (Wildman–Crippen LogP) is 3.27. The number of nitrogens with one attached hydrogen (secondary N) is 1. The van der Waals surface area contributed by atoms with Crippen LogP contribution in [0.5, 0.6) is 0 Å². The number of piperazine rings is 1. The van der Waals surface area contributed by atoms with Crippen LogP contribution in [0.15, 0.2) is 24.3 Å². The smallest absolute Gasteiger partial charge is 0.220 e. The van der Waals surface area contributed by atoms with Gasteiger partial charge in [-0.2, -0.15) is 0 Å². The third kappa shape index (κ3) is 5.32. The molecule has 2 aliphatic carbocycles. The summed E-state index contributed by atoms with van der Waals surface area (Å²) < 4.78 is 0. The highest BCUT2D eigenvalue weighted by atomic mass is 16.1. The molecule has 4 rings (SSSR count). The molecule has 0 atom stereocenters. The van der Waals surface area contributed by atoms with Gasteiger partial charge in [-0.25, -0.2) is 0 Å². The fourth-order valence-electron chi connectivity index (χ4n) is 4.64. The number of carbonyl (C=O) groups is 1. The molecule has 1 heterocycles. The molecule has 3 fully saturated rings. The Morgan fingerprint density at radius 2 is 1.59 bits per heavy atom. The average Bonchev–Trinajstić information content (AvgIpc) is 3.59. The van der Waals surface area contributed by atoms with E-state index in [-0.39, 0.29) is 5.91 Å². The average molecular weight is 370 g/mol. The third-order valence-electron chi connectivity index (χ3n) is 6.78. The van der Waals surface area contributed by atoms with E-state index in [1.165, 1.54) is 49.9 Å². The minimum atomic E-state index is 0.255. The molecule has 3 aliphatic rings. The second-order valence-electron chi connectivity index (χ2n) is 8.80. The number of hydrogen-bond acceptors (Lipinski definition) is 3. The van der Waals surface area contributed by atoms with Crippen LogP contribution in [0.4, 0.5) is 0 Å². The highest BCUT2D eigenvalue weighted by Gasteiger charge is 2.42. The van der Waals surface area contributed by atoms with Crippen LogP contribution < -0.4 is 5.32 Å². The molecule has 4 nitrogen and oxygen atoms in total. The Morgan fingerprint density at radius 1 is 1.00 bits per heavy atom. The van der Waals surface area contributed by atoms with Crippen LogP contribution in [0.25, 0.3) is 0 Å². The lowest BCUT2D eigenvalue weighted by atomic mass is 9.94. The van der Waals surface area contributed by atoms with Gasteiger partial charge in [0.15, 0.2) is 0 Å². The summed E-state index contributed by atoms with van der Waals surface area (Å²) in [5.41, 5.74) is 2.64. The molecule has 1 aromatic rings. The van der Waals surface area contributed by atoms with Gasteiger partial charge in [0.1, 0.15) is 0 Å². The van der Waals surface area contributed by atoms with Crippen LogP contribution in [-0.2, 0) is 17.9 Å². The lowest BCUT2D eigenvalue weighted by Gasteiger charge is -2.34. The fraction of sp³-hybridized carbons (Fsp3) is 0.696. The Bertz CT molecular complexity index is 618. The van der Waals surface area contributed by atoms with Crippen molar-refractivity contribution >= 4 is 5.91 Å². The van der Waals surface area contributed by atoms with Gasteiger partial charge < -0.3 is 10.2 Å². The quantitative estimate of drug-likeness (QED) is 0.726. The van der Waals surface area contributed by atoms with E-state index in [2.05, 4.69) is 46.3 Å². The second kappa shape index (κ2) is 8.74. The molecular formula is C23H35N3O. The molecule has 0 radical (unpaired) electrons. The molecule has 0 spiro atoms. The normalized spacial score (nSPS) is 21.6. The van der Waals surface area contributed by atoms with E-state index in [1.54, 1.807) is 0 Å². The molecular weight excluding hydrogens is 334 g/mol. The second-order valence-corrected chi connectivity index (χ2v) is 8.80. The van der Waals surface area contributed by atoms with Crippen molar-refractivity contribution in [2.24, 2.45) is 17.8 Å². The molecule has 27 heavy (non-hydrogen) atoms. The number of hydrogen-bond donors (Lipinski definition) is 1. The van der Waals surface area contributed by atoms with Gasteiger partial charge in [-0.15, -0.1) is 0 Å². The van der Waals surface area contributed by atoms with Crippen LogP contribution in [0, 0.1) is 17.8 Å². The topological polar surface area (TPSA) is 35.6 Å². The van der Waals surface area contributed by atoms with Crippen molar-refractivity contribution in [3.8, 4) is 0 Å². The van der Waals surface area contributed by atoms with E-state index >= 15 is 0 Å². The molecule has 2 saturated carbocycles. The zero-order chi connectivity index (χ0) is 18.6. The highest BCUT2D eigenvalue weighted by Crippen LogP contribution is 2.50. The van der Waals surface area contributed by atoms with Gasteiger partial charge >= 0.3 is 0 Å². The Morgan fingerprint density at radius 3 is 2.19 bits per heavy atom. The number of rotatable bonds is 9. The zero-order valence-electron chi connectivity index (χ0n) is 16.8. The van der Waals surface area contributed by atoms with Gasteiger partial charge in [0.2, 0.25) is 5.91 Å². The van der Waals surface area contributed by atoms with Gasteiger partial charge in [-0.3, -0.25) is 9.69 Å². The lowest BCUT2D eigenvalue weighted by molar-refractivity contribution is -0.122. The van der Waals surface area contributed by atoms with Crippen LogP contribution in [0.2, 0.25) is 0 Å². The van der Waals surface area contributed by atoms with Crippen LogP contribution in [0.1, 0.15) is 50.2 Å². The summed E-state index contributed by atoms with van der Waals surface area (Å²) in [6, 6.07) is 8.62. The van der Waals surface area contributed by atoms with Crippen LogP contribution in [-0.4, -0.2) is 48.4 Å². The first-order valence-electron chi connectivity index (χ1n) is 11.0. The van der Waals surface area contributed by atoms with Crippen molar-refractivity contribution < 1.29 is 4.79 Å². The lowest BCUT2D eigenvalue weighted by Crippen LogP contribution is -2.45. The van der Waals surface area contributed by atoms with Crippen LogP contribution in [0.3, 0.4) is 0 Å². The van der Waals surface area contributed by atoms with E-state index in [0.717, 1.165) is 44.4 Å². The van der Waals surface area contributed by atoms with Crippen molar-refractivity contribution in [1.82, 2.24) is 15.1 Å². The maximum atomic E-state index is 12.5. The Hall–Kier alpha value is -1.39. The summed E-state index contributed by atoms with van der Waals surface area (Å²) in [6.07, 6.45) is 6.15. The molecule has 1 amide bonds. The molecule has 4 heteroatoms. The summed E-state index contributed by atoms with van der Waals surface area (Å²) >= 11 is 0. The fourth-order valence-corrected chi connectivity index (χ4v) is 4.64. The van der Waals surface area contributed by atoms with Crippen molar-refractivity contribution in [3.63, 3.8) is 0 Å². The standard InChI is InChI=1S/C23H35N3O/c1-2-25-11-13-26(14-12-25)17-21-6-4-3-5-20(21)16-24-23(27)15-22(18-7-8-18)19-9-10-19/h3-6,18-19,22H,2,7-17H2,1H3,(H,24,27). The minimum Gasteiger partial charge on any atom is -0.352 e. The molecule has 0 bridgehead atoms. The summed E-state index contributed by atoms with van der Waals surface area (Å²) in [4.78, 5) is 17.6. The van der Waals surface area contributed by atoms with E-state index in [1.807, 2.05) is 0 Å². The van der Waals surface area contributed by atoms with Crippen LogP contribution >= 0.6 is 0 Å². The maximum absolute atomic E-state index is 12.5. The molecule has 148 valence electrons. The van der Waals surface area contributed by atoms with Gasteiger partial charge in [-0.05, 0) is 61.1 Å². The monoisotopic (exact) mass is 369 g/mol. The predicted molar refractivity (Wildman–Crippen MR) is 109 cm³/mol. The molecule has 1 aromatic carbocycles. The molecule has 0 aromatic heterocycles. The summed E-state index contributed by atoms with van der Waals surface area (Å²) in [7, 11) is 0. The molecule has 0 unspecified atom stereocenters. The summed E-state index contributed by atoms with van der Waals surface area (Å²) in [6.45, 7) is 9.67. The van der Waals surface area contributed by atoms with E-state index in [9.17, 15) is 4.79 Å². The first-order chi connectivity index (χ1) is 13.2. The largest absolute Gasteiger partial charge is 0.352 e. The highest BCUT2D eigenvalue weighted by molar-refractivity contribution is 5.76. The van der Waals surface area contributed by atoms with Crippen molar-refractivity contribution in [2.75, 3.05) is 32.7 Å². The number of benzene rings is 1. The van der Waals surface area contributed by atoms with Gasteiger partial charge in [0.05, 0.1) is 0 Å². The minimum absolute atomic E-state index is 0.255. The van der Waals surface area contributed by atoms with Crippen molar-refractivity contribution in [3.05, 3.63) is 35.4 Å². The first kappa shape index (κ1) is 18.9. The molecule has 1 N–H and O–H groups in total. The van der Waals surface area contributed by atoms with Crippen molar-refractivity contribution in [2.45, 2.75) is 52.1 Å². The summed E-state index contributed by atoms with van der Waals surface area (Å²) in [5.74, 6) is 2.61. The van der Waals surface area contributed by atoms with E-state index in [0.29, 0.717) is 12.5 Å². The Kier molecular flexibility index (Phi) is 6.14. The number of nitrogens with zero attached hydrogens (tertiary/aromatic N) is 2. The molecule has 1 saturated heterocycles. The van der Waals surface area contributed by atoms with Gasteiger partial charge in [0, 0.05) is 45.7 Å². The van der Waals surface area contributed by atoms with Crippen molar-refractivity contribution in [1.29, 1.82) is 0 Å². The van der Waals surface area contributed by atoms with E-state index in [4.69, 9.17) is 0 Å². The Balaban J connectivity index is 1.28. The maximum Gasteiger partial charge on any atom is 0.220 e.